The zero-order valence-electron chi connectivity index (χ0n) is 15.8. The van der Waals surface area contributed by atoms with Gasteiger partial charge in [0.1, 0.15) is 6.54 Å². The van der Waals surface area contributed by atoms with E-state index in [0.717, 1.165) is 49.2 Å². The lowest BCUT2D eigenvalue weighted by Gasteiger charge is -2.32. The van der Waals surface area contributed by atoms with Gasteiger partial charge in [-0.25, -0.2) is 0 Å². The number of nitrogens with one attached hydrogen (secondary N) is 3. The van der Waals surface area contributed by atoms with Gasteiger partial charge in [0.2, 0.25) is 0 Å². The van der Waals surface area contributed by atoms with Crippen molar-refractivity contribution in [3.8, 4) is 0 Å². The summed E-state index contributed by atoms with van der Waals surface area (Å²) >= 11 is 5.93. The van der Waals surface area contributed by atoms with E-state index in [1.54, 1.807) is 0 Å². The monoisotopic (exact) mass is 382 g/mol. The molecular formula is C19H31ClN4O2+2. The van der Waals surface area contributed by atoms with Gasteiger partial charge in [-0.3, -0.25) is 9.59 Å². The number of carbonyl (C=O) groups excluding carboxylic acids is 2. The van der Waals surface area contributed by atoms with Gasteiger partial charge in [0.05, 0.1) is 32.7 Å². The fourth-order valence-corrected chi connectivity index (χ4v) is 3.39. The van der Waals surface area contributed by atoms with Crippen molar-refractivity contribution in [3.05, 3.63) is 34.9 Å². The standard InChI is InChI=1S/C19H29ClN4O2/c1-3-21-18(25)14-22(4-2)15-19(26)24-11-9-23(10-12-24)13-16-5-7-17(20)8-6-16/h5-8H,3-4,9-15H2,1-2H3,(H,21,25)/p+2. The van der Waals surface area contributed by atoms with Crippen LogP contribution in [0.4, 0.5) is 0 Å². The third-order valence-electron chi connectivity index (χ3n) is 4.88. The Hall–Kier alpha value is -1.63. The Bertz CT molecular complexity index is 586. The fourth-order valence-electron chi connectivity index (χ4n) is 3.26. The van der Waals surface area contributed by atoms with Crippen molar-refractivity contribution in [3.63, 3.8) is 0 Å². The van der Waals surface area contributed by atoms with E-state index in [0.29, 0.717) is 19.6 Å². The van der Waals surface area contributed by atoms with Crippen molar-refractivity contribution < 1.29 is 19.4 Å². The van der Waals surface area contributed by atoms with E-state index in [9.17, 15) is 9.59 Å². The van der Waals surface area contributed by atoms with Crippen molar-refractivity contribution in [1.29, 1.82) is 0 Å². The minimum absolute atomic E-state index is 0.00868. The largest absolute Gasteiger partial charge is 0.351 e. The normalized spacial score (nSPS) is 16.3. The molecule has 144 valence electrons. The Balaban J connectivity index is 1.76. The molecule has 1 aromatic carbocycles. The Kier molecular flexibility index (Phi) is 8.35. The van der Waals surface area contributed by atoms with E-state index in [4.69, 9.17) is 11.6 Å². The van der Waals surface area contributed by atoms with Gasteiger partial charge in [-0.1, -0.05) is 23.7 Å². The first-order valence-electron chi connectivity index (χ1n) is 9.47. The first-order chi connectivity index (χ1) is 12.5. The first kappa shape index (κ1) is 20.7. The summed E-state index contributed by atoms with van der Waals surface area (Å²) in [5.41, 5.74) is 1.27. The molecule has 1 aromatic rings. The molecule has 1 aliphatic heterocycles. The average Bonchev–Trinajstić information content (AvgIpc) is 2.63. The average molecular weight is 383 g/mol. The number of likely N-dealkylation sites (N-methyl/N-ethyl adjacent to an activating group) is 2. The molecule has 1 unspecified atom stereocenters. The molecule has 0 aliphatic carbocycles. The maximum absolute atomic E-state index is 12.6. The molecule has 0 bridgehead atoms. The SMILES string of the molecule is CCNC(=O)C[NH+](CC)CC(=O)N1CC[NH+](Cc2ccc(Cl)cc2)CC1. The van der Waals surface area contributed by atoms with Crippen LogP contribution in [0.25, 0.3) is 0 Å². The Morgan fingerprint density at radius 1 is 1.15 bits per heavy atom. The molecule has 7 heteroatoms. The van der Waals surface area contributed by atoms with Crippen LogP contribution in [0.5, 0.6) is 0 Å². The second kappa shape index (κ2) is 10.5. The number of rotatable bonds is 8. The number of nitrogens with zero attached hydrogens (tertiary/aromatic N) is 1. The predicted molar refractivity (Wildman–Crippen MR) is 102 cm³/mol. The van der Waals surface area contributed by atoms with Crippen molar-refractivity contribution in [2.75, 3.05) is 52.4 Å². The van der Waals surface area contributed by atoms with Gasteiger partial charge < -0.3 is 20.0 Å². The molecule has 6 nitrogen and oxygen atoms in total. The van der Waals surface area contributed by atoms with E-state index in [-0.39, 0.29) is 11.8 Å². The Morgan fingerprint density at radius 3 is 2.38 bits per heavy atom. The minimum atomic E-state index is 0.00868. The molecular weight excluding hydrogens is 352 g/mol. The summed E-state index contributed by atoms with van der Waals surface area (Å²) in [7, 11) is 0. The molecule has 1 saturated heterocycles. The van der Waals surface area contributed by atoms with Crippen LogP contribution in [0.15, 0.2) is 24.3 Å². The smallest absolute Gasteiger partial charge is 0.278 e. The highest BCUT2D eigenvalue weighted by atomic mass is 35.5. The van der Waals surface area contributed by atoms with E-state index in [1.165, 1.54) is 10.5 Å². The molecule has 2 rings (SSSR count). The maximum Gasteiger partial charge on any atom is 0.278 e. The number of hydrogen-bond acceptors (Lipinski definition) is 2. The zero-order chi connectivity index (χ0) is 18.9. The summed E-state index contributed by atoms with van der Waals surface area (Å²) in [6, 6.07) is 7.98. The van der Waals surface area contributed by atoms with E-state index in [1.807, 2.05) is 30.9 Å². The second-order valence-corrected chi connectivity index (χ2v) is 7.28. The second-order valence-electron chi connectivity index (χ2n) is 6.84. The molecule has 1 atom stereocenters. The number of amides is 2. The summed E-state index contributed by atoms with van der Waals surface area (Å²) in [5, 5.41) is 3.56. The lowest BCUT2D eigenvalue weighted by molar-refractivity contribution is -0.917. The van der Waals surface area contributed by atoms with Gasteiger partial charge in [-0.2, -0.15) is 0 Å². The van der Waals surface area contributed by atoms with Crippen molar-refractivity contribution in [1.82, 2.24) is 10.2 Å². The molecule has 1 heterocycles. The quantitative estimate of drug-likeness (QED) is 0.518. The molecule has 1 aliphatic rings. The summed E-state index contributed by atoms with van der Waals surface area (Å²) in [6.07, 6.45) is 0. The van der Waals surface area contributed by atoms with Gasteiger partial charge in [-0.05, 0) is 26.0 Å². The van der Waals surface area contributed by atoms with Crippen LogP contribution >= 0.6 is 11.6 Å². The van der Waals surface area contributed by atoms with Gasteiger partial charge in [0, 0.05) is 17.1 Å². The van der Waals surface area contributed by atoms with Gasteiger partial charge in [0.15, 0.2) is 13.1 Å². The number of quaternary nitrogens is 2. The number of benzene rings is 1. The maximum atomic E-state index is 12.6. The van der Waals surface area contributed by atoms with Crippen LogP contribution in [0.2, 0.25) is 5.02 Å². The zero-order valence-corrected chi connectivity index (χ0v) is 16.6. The molecule has 0 aromatic heterocycles. The molecule has 0 spiro atoms. The lowest BCUT2D eigenvalue weighted by atomic mass is 10.2. The highest BCUT2D eigenvalue weighted by molar-refractivity contribution is 6.30. The van der Waals surface area contributed by atoms with Gasteiger partial charge >= 0.3 is 0 Å². The Labute approximate surface area is 161 Å². The van der Waals surface area contributed by atoms with E-state index in [2.05, 4.69) is 17.4 Å². The molecule has 1 fully saturated rings. The van der Waals surface area contributed by atoms with Gasteiger partial charge in [0.25, 0.3) is 11.8 Å². The lowest BCUT2D eigenvalue weighted by Crippen LogP contribution is -3.15. The van der Waals surface area contributed by atoms with E-state index < -0.39 is 0 Å². The third-order valence-corrected chi connectivity index (χ3v) is 5.13. The molecule has 2 amide bonds. The molecule has 26 heavy (non-hydrogen) atoms. The first-order valence-corrected chi connectivity index (χ1v) is 9.85. The Morgan fingerprint density at radius 2 is 1.81 bits per heavy atom. The van der Waals surface area contributed by atoms with Crippen LogP contribution < -0.4 is 15.1 Å². The predicted octanol–water partition coefficient (Wildman–Crippen LogP) is -1.39. The van der Waals surface area contributed by atoms with Crippen molar-refractivity contribution in [2.24, 2.45) is 0 Å². The highest BCUT2D eigenvalue weighted by Gasteiger charge is 2.26. The van der Waals surface area contributed by atoms with Crippen molar-refractivity contribution in [2.45, 2.75) is 20.4 Å². The number of piperazine rings is 1. The van der Waals surface area contributed by atoms with Crippen LogP contribution in [0.3, 0.4) is 0 Å². The minimum Gasteiger partial charge on any atom is -0.351 e. The van der Waals surface area contributed by atoms with Crippen LogP contribution in [0, 0.1) is 0 Å². The summed E-state index contributed by atoms with van der Waals surface area (Å²) in [5.74, 6) is 0.158. The number of hydrogen-bond donors (Lipinski definition) is 3. The molecule has 0 radical (unpaired) electrons. The fraction of sp³-hybridized carbons (Fsp3) is 0.579. The number of halogens is 1. The topological polar surface area (TPSA) is 58.3 Å². The van der Waals surface area contributed by atoms with Crippen LogP contribution in [-0.2, 0) is 16.1 Å². The summed E-state index contributed by atoms with van der Waals surface area (Å²) in [6.45, 7) is 10.5. The molecule has 0 saturated carbocycles. The van der Waals surface area contributed by atoms with Gasteiger partial charge in [-0.15, -0.1) is 0 Å². The van der Waals surface area contributed by atoms with Crippen LogP contribution in [-0.4, -0.2) is 69.1 Å². The summed E-state index contributed by atoms with van der Waals surface area (Å²) in [4.78, 5) is 28.7. The number of carbonyl (C=O) groups is 2. The van der Waals surface area contributed by atoms with Crippen molar-refractivity contribution >= 4 is 23.4 Å². The van der Waals surface area contributed by atoms with E-state index >= 15 is 0 Å². The highest BCUT2D eigenvalue weighted by Crippen LogP contribution is 2.08. The summed E-state index contributed by atoms with van der Waals surface area (Å²) < 4.78 is 0. The molecule has 3 N–H and O–H groups in total. The van der Waals surface area contributed by atoms with Crippen LogP contribution in [0.1, 0.15) is 19.4 Å². The third kappa shape index (κ3) is 6.59.